The molecule has 0 spiro atoms. The van der Waals surface area contributed by atoms with E-state index in [0.717, 1.165) is 0 Å². The van der Waals surface area contributed by atoms with E-state index in [4.69, 9.17) is 0 Å². The molecule has 0 unspecified atom stereocenters. The lowest BCUT2D eigenvalue weighted by atomic mass is 10.8. The zero-order valence-electron chi connectivity index (χ0n) is 6.17. The van der Waals surface area contributed by atoms with Crippen molar-refractivity contribution in [1.29, 1.82) is 0 Å². The van der Waals surface area contributed by atoms with Crippen molar-refractivity contribution >= 4 is 12.0 Å². The lowest BCUT2D eigenvalue weighted by molar-refractivity contribution is 0.171. The van der Waals surface area contributed by atoms with Gasteiger partial charge in [-0.15, -0.1) is 5.10 Å². The zero-order chi connectivity index (χ0) is 7.98. The SMILES string of the molecule is COC(=O)N/N=C(\C)OC. The molecule has 0 saturated carbocycles. The summed E-state index contributed by atoms with van der Waals surface area (Å²) in [5, 5.41) is 3.48. The van der Waals surface area contributed by atoms with Gasteiger partial charge >= 0.3 is 6.09 Å². The number of hydrogen-bond acceptors (Lipinski definition) is 4. The molecule has 1 amide bonds. The normalized spacial score (nSPS) is 10.5. The standard InChI is InChI=1S/C5H10N2O3/c1-4(9-2)6-7-5(8)10-3/h1-3H3,(H,7,8)/b6-4+. The van der Waals surface area contributed by atoms with Crippen LogP contribution in [0.25, 0.3) is 0 Å². The number of carbonyl (C=O) groups is 1. The summed E-state index contributed by atoms with van der Waals surface area (Å²) < 4.78 is 8.86. The Kier molecular flexibility index (Phi) is 4.02. The van der Waals surface area contributed by atoms with Gasteiger partial charge in [0.1, 0.15) is 0 Å². The molecule has 0 rings (SSSR count). The van der Waals surface area contributed by atoms with Crippen LogP contribution in [0.2, 0.25) is 0 Å². The molecule has 0 fully saturated rings. The van der Waals surface area contributed by atoms with E-state index in [-0.39, 0.29) is 0 Å². The molecule has 0 aromatic heterocycles. The second-order valence-electron chi connectivity index (χ2n) is 1.44. The van der Waals surface area contributed by atoms with Gasteiger partial charge in [0, 0.05) is 6.92 Å². The van der Waals surface area contributed by atoms with Crippen LogP contribution < -0.4 is 5.43 Å². The third-order valence-corrected chi connectivity index (χ3v) is 0.785. The second kappa shape index (κ2) is 4.60. The van der Waals surface area contributed by atoms with Crippen molar-refractivity contribution in [3.8, 4) is 0 Å². The van der Waals surface area contributed by atoms with Crippen LogP contribution >= 0.6 is 0 Å². The van der Waals surface area contributed by atoms with Crippen LogP contribution in [-0.2, 0) is 9.47 Å². The highest BCUT2D eigenvalue weighted by Crippen LogP contribution is 1.75. The lowest BCUT2D eigenvalue weighted by Gasteiger charge is -1.98. The monoisotopic (exact) mass is 146 g/mol. The summed E-state index contributed by atoms with van der Waals surface area (Å²) in [6.45, 7) is 1.61. The summed E-state index contributed by atoms with van der Waals surface area (Å²) in [5.74, 6) is 0.366. The third kappa shape index (κ3) is 3.71. The first-order chi connectivity index (χ1) is 4.70. The number of amides is 1. The summed E-state index contributed by atoms with van der Waals surface area (Å²) in [6.07, 6.45) is -0.614. The molecule has 0 bridgehead atoms. The smallest absolute Gasteiger partial charge is 0.427 e. The molecule has 0 atom stereocenters. The van der Waals surface area contributed by atoms with E-state index in [0.29, 0.717) is 5.90 Å². The fraction of sp³-hybridized carbons (Fsp3) is 0.600. The topological polar surface area (TPSA) is 59.9 Å². The van der Waals surface area contributed by atoms with Gasteiger partial charge in [-0.25, -0.2) is 10.2 Å². The first kappa shape index (κ1) is 8.74. The minimum absolute atomic E-state index is 0.366. The fourth-order valence-corrected chi connectivity index (χ4v) is 0.216. The zero-order valence-corrected chi connectivity index (χ0v) is 6.17. The maximum atomic E-state index is 10.3. The van der Waals surface area contributed by atoms with Gasteiger partial charge in [-0.1, -0.05) is 0 Å². The summed E-state index contributed by atoms with van der Waals surface area (Å²) in [5.41, 5.74) is 2.08. The molecule has 0 aromatic carbocycles. The van der Waals surface area contributed by atoms with Crippen molar-refractivity contribution in [1.82, 2.24) is 5.43 Å². The van der Waals surface area contributed by atoms with Crippen LogP contribution in [0.1, 0.15) is 6.92 Å². The van der Waals surface area contributed by atoms with Crippen molar-refractivity contribution in [2.24, 2.45) is 5.10 Å². The van der Waals surface area contributed by atoms with E-state index in [1.807, 2.05) is 0 Å². The Balaban J connectivity index is 3.61. The first-order valence-corrected chi connectivity index (χ1v) is 2.63. The van der Waals surface area contributed by atoms with Crippen LogP contribution in [0.5, 0.6) is 0 Å². The number of hydrazone groups is 1. The van der Waals surface area contributed by atoms with Crippen molar-refractivity contribution in [2.75, 3.05) is 14.2 Å². The van der Waals surface area contributed by atoms with Gasteiger partial charge in [0.2, 0.25) is 5.90 Å². The molecule has 58 valence electrons. The summed E-state index contributed by atoms with van der Waals surface area (Å²) in [6, 6.07) is 0. The maximum Gasteiger partial charge on any atom is 0.427 e. The van der Waals surface area contributed by atoms with Crippen molar-refractivity contribution in [3.63, 3.8) is 0 Å². The molecule has 10 heavy (non-hydrogen) atoms. The molecule has 0 saturated heterocycles. The molecule has 0 aliphatic carbocycles. The van der Waals surface area contributed by atoms with E-state index < -0.39 is 6.09 Å². The quantitative estimate of drug-likeness (QED) is 0.329. The Hall–Kier alpha value is -1.26. The average molecular weight is 146 g/mol. The number of hydrogen-bond donors (Lipinski definition) is 1. The van der Waals surface area contributed by atoms with Gasteiger partial charge in [-0.3, -0.25) is 0 Å². The second-order valence-corrected chi connectivity index (χ2v) is 1.44. The highest BCUT2D eigenvalue weighted by molar-refractivity contribution is 5.75. The molecule has 0 heterocycles. The molecule has 5 nitrogen and oxygen atoms in total. The largest absolute Gasteiger partial charge is 0.483 e. The fourth-order valence-electron chi connectivity index (χ4n) is 0.216. The Labute approximate surface area is 59.0 Å². The number of nitrogens with one attached hydrogen (secondary N) is 1. The lowest BCUT2D eigenvalue weighted by Crippen LogP contribution is -2.18. The van der Waals surface area contributed by atoms with Crippen molar-refractivity contribution in [3.05, 3.63) is 0 Å². The van der Waals surface area contributed by atoms with Crippen molar-refractivity contribution < 1.29 is 14.3 Å². The van der Waals surface area contributed by atoms with Crippen LogP contribution in [0.3, 0.4) is 0 Å². The molecular formula is C5H10N2O3. The van der Waals surface area contributed by atoms with Gasteiger partial charge in [-0.05, 0) is 0 Å². The number of rotatable bonds is 1. The average Bonchev–Trinajstić information content (AvgIpc) is 1.99. The van der Waals surface area contributed by atoms with Crippen LogP contribution in [-0.4, -0.2) is 26.2 Å². The van der Waals surface area contributed by atoms with E-state index >= 15 is 0 Å². The Morgan fingerprint density at radius 1 is 1.40 bits per heavy atom. The maximum absolute atomic E-state index is 10.3. The van der Waals surface area contributed by atoms with Gasteiger partial charge < -0.3 is 9.47 Å². The highest BCUT2D eigenvalue weighted by Gasteiger charge is 1.93. The molecule has 0 radical (unpaired) electrons. The summed E-state index contributed by atoms with van der Waals surface area (Å²) in [7, 11) is 2.71. The molecular weight excluding hydrogens is 136 g/mol. The third-order valence-electron chi connectivity index (χ3n) is 0.785. The van der Waals surface area contributed by atoms with Crippen LogP contribution in [0, 0.1) is 0 Å². The summed E-state index contributed by atoms with van der Waals surface area (Å²) >= 11 is 0. The van der Waals surface area contributed by atoms with Crippen LogP contribution in [0.4, 0.5) is 4.79 Å². The van der Waals surface area contributed by atoms with E-state index in [1.54, 1.807) is 6.92 Å². The number of ether oxygens (including phenoxy) is 2. The summed E-state index contributed by atoms with van der Waals surface area (Å²) in [4.78, 5) is 10.3. The minimum Gasteiger partial charge on any atom is -0.483 e. The van der Waals surface area contributed by atoms with E-state index in [9.17, 15) is 4.79 Å². The number of nitrogens with zero attached hydrogens (tertiary/aromatic N) is 1. The molecule has 5 heteroatoms. The predicted molar refractivity (Wildman–Crippen MR) is 35.7 cm³/mol. The molecule has 0 aliphatic heterocycles. The van der Waals surface area contributed by atoms with Crippen molar-refractivity contribution in [2.45, 2.75) is 6.92 Å². The Morgan fingerprint density at radius 3 is 2.40 bits per heavy atom. The molecule has 0 aliphatic rings. The first-order valence-electron chi connectivity index (χ1n) is 2.63. The Morgan fingerprint density at radius 2 is 2.00 bits per heavy atom. The molecule has 1 N–H and O–H groups in total. The molecule has 0 aromatic rings. The van der Waals surface area contributed by atoms with E-state index in [1.165, 1.54) is 14.2 Å². The highest BCUT2D eigenvalue weighted by atomic mass is 16.5. The number of carbonyl (C=O) groups excluding carboxylic acids is 1. The minimum atomic E-state index is -0.614. The predicted octanol–water partition coefficient (Wildman–Crippen LogP) is 0.322. The van der Waals surface area contributed by atoms with Gasteiger partial charge in [-0.2, -0.15) is 0 Å². The van der Waals surface area contributed by atoms with Gasteiger partial charge in [0.15, 0.2) is 0 Å². The van der Waals surface area contributed by atoms with Gasteiger partial charge in [0.25, 0.3) is 0 Å². The van der Waals surface area contributed by atoms with Gasteiger partial charge in [0.05, 0.1) is 14.2 Å². The van der Waals surface area contributed by atoms with Crippen LogP contribution in [0.15, 0.2) is 5.10 Å². The van der Waals surface area contributed by atoms with E-state index in [2.05, 4.69) is 20.0 Å². The Bertz CT molecular complexity index is 144. The number of methoxy groups -OCH3 is 2.